The number of nitrogens with zero attached hydrogens (tertiary/aromatic N) is 1. The van der Waals surface area contributed by atoms with Crippen molar-refractivity contribution < 1.29 is 4.79 Å². The van der Waals surface area contributed by atoms with Crippen LogP contribution in [0.4, 0.5) is 0 Å². The van der Waals surface area contributed by atoms with Gasteiger partial charge >= 0.3 is 0 Å². The summed E-state index contributed by atoms with van der Waals surface area (Å²) in [6.07, 6.45) is 0. The lowest BCUT2D eigenvalue weighted by Crippen LogP contribution is -2.22. The molecule has 0 aliphatic rings. The highest BCUT2D eigenvalue weighted by Gasteiger charge is 2.23. The van der Waals surface area contributed by atoms with Gasteiger partial charge in [-0.3, -0.25) is 9.78 Å². The van der Waals surface area contributed by atoms with Gasteiger partial charge in [0.15, 0.2) is 0 Å². The maximum atomic E-state index is 12.5. The highest BCUT2D eigenvalue weighted by Crippen LogP contribution is 2.35. The predicted octanol–water partition coefficient (Wildman–Crippen LogP) is 4.51. The number of benzene rings is 1. The first-order valence-electron chi connectivity index (χ1n) is 9.00. The maximum Gasteiger partial charge on any atom is 0.253 e. The van der Waals surface area contributed by atoms with Crippen LogP contribution in [-0.2, 0) is 10.8 Å². The zero-order chi connectivity index (χ0) is 19.9. The highest BCUT2D eigenvalue weighted by molar-refractivity contribution is 7.26. The van der Waals surface area contributed by atoms with Crippen LogP contribution in [0.1, 0.15) is 68.7 Å². The Morgan fingerprint density at radius 3 is 1.88 bits per heavy atom. The van der Waals surface area contributed by atoms with Gasteiger partial charge < -0.3 is 5.32 Å². The van der Waals surface area contributed by atoms with Crippen LogP contribution in [0.15, 0.2) is 24.3 Å². The Morgan fingerprint density at radius 2 is 1.46 bits per heavy atom. The molecule has 1 amide bonds. The van der Waals surface area contributed by atoms with Crippen LogP contribution < -0.4 is 10.8 Å². The van der Waals surface area contributed by atoms with E-state index in [-0.39, 0.29) is 16.7 Å². The fourth-order valence-electron chi connectivity index (χ4n) is 2.99. The molecule has 4 heteroatoms. The molecule has 0 aliphatic carbocycles. The molecule has 1 aromatic heterocycles. The fraction of sp³-hybridized carbons (Fsp3) is 0.455. The molecule has 0 spiro atoms. The maximum absolute atomic E-state index is 12.5. The molecular weight excluding hydrogens is 339 g/mol. The van der Waals surface area contributed by atoms with Crippen molar-refractivity contribution in [2.24, 2.45) is 0 Å². The third-order valence-electron chi connectivity index (χ3n) is 4.65. The number of amides is 1. The Kier molecular flexibility index (Phi) is 5.63. The first-order valence-corrected chi connectivity index (χ1v) is 9.58. The van der Waals surface area contributed by atoms with Crippen molar-refractivity contribution in [3.8, 4) is 11.1 Å². The molecule has 26 heavy (non-hydrogen) atoms. The van der Waals surface area contributed by atoms with Gasteiger partial charge in [0.1, 0.15) is 0 Å². The molecular formula is C22H31N2OP. The van der Waals surface area contributed by atoms with E-state index in [1.807, 2.05) is 13.0 Å². The average Bonchev–Trinajstić information content (AvgIpc) is 2.51. The first-order chi connectivity index (χ1) is 11.8. The van der Waals surface area contributed by atoms with E-state index in [1.165, 1.54) is 11.1 Å². The van der Waals surface area contributed by atoms with E-state index in [0.29, 0.717) is 5.56 Å². The molecule has 1 aromatic carbocycles. The van der Waals surface area contributed by atoms with E-state index in [2.05, 4.69) is 79.3 Å². The van der Waals surface area contributed by atoms with Gasteiger partial charge in [0.2, 0.25) is 0 Å². The molecule has 3 nitrogen and oxygen atoms in total. The Hall–Kier alpha value is -1.73. The molecule has 0 aliphatic heterocycles. The lowest BCUT2D eigenvalue weighted by atomic mass is 9.78. The molecule has 2 rings (SSSR count). The number of nitrogens with one attached hydrogen (secondary N) is 1. The third kappa shape index (κ3) is 4.32. The Morgan fingerprint density at radius 1 is 0.962 bits per heavy atom. The van der Waals surface area contributed by atoms with Crippen molar-refractivity contribution >= 4 is 20.6 Å². The summed E-state index contributed by atoms with van der Waals surface area (Å²) < 4.78 is 0. The zero-order valence-corrected chi connectivity index (χ0v) is 18.4. The molecule has 1 heterocycles. The summed E-state index contributed by atoms with van der Waals surface area (Å²) in [4.78, 5) is 17.0. The molecule has 1 atom stereocenters. The van der Waals surface area contributed by atoms with Gasteiger partial charge in [-0.1, -0.05) is 69.0 Å². The second-order valence-electron chi connectivity index (χ2n) is 8.93. The van der Waals surface area contributed by atoms with Gasteiger partial charge in [0.05, 0.1) is 16.7 Å². The van der Waals surface area contributed by atoms with Gasteiger partial charge in [0.25, 0.3) is 5.91 Å². The minimum atomic E-state index is -0.103. The quantitative estimate of drug-likeness (QED) is 0.790. The van der Waals surface area contributed by atoms with Gasteiger partial charge in [-0.15, -0.1) is 0 Å². The molecule has 0 bridgehead atoms. The van der Waals surface area contributed by atoms with Crippen LogP contribution in [0, 0.1) is 6.92 Å². The number of carbonyl (C=O) groups excluding carboxylic acids is 1. The Bertz CT molecular complexity index is 810. The van der Waals surface area contributed by atoms with Crippen LogP contribution in [0.5, 0.6) is 0 Å². The predicted molar refractivity (Wildman–Crippen MR) is 115 cm³/mol. The van der Waals surface area contributed by atoms with Crippen LogP contribution in [0.25, 0.3) is 11.1 Å². The first kappa shape index (κ1) is 20.6. The lowest BCUT2D eigenvalue weighted by Gasteiger charge is -2.27. The Balaban J connectivity index is 2.86. The van der Waals surface area contributed by atoms with Crippen LogP contribution >= 0.6 is 9.24 Å². The van der Waals surface area contributed by atoms with Gasteiger partial charge in [-0.05, 0) is 46.1 Å². The molecule has 0 saturated carbocycles. The monoisotopic (exact) mass is 370 g/mol. The second-order valence-corrected chi connectivity index (χ2v) is 9.52. The summed E-state index contributed by atoms with van der Waals surface area (Å²) in [5.74, 6) is -0.103. The van der Waals surface area contributed by atoms with Crippen molar-refractivity contribution in [2.75, 3.05) is 7.05 Å². The largest absolute Gasteiger partial charge is 0.355 e. The number of carbonyl (C=O) groups is 1. The molecule has 1 unspecified atom stereocenters. The second kappa shape index (κ2) is 7.12. The lowest BCUT2D eigenvalue weighted by molar-refractivity contribution is 0.0963. The summed E-state index contributed by atoms with van der Waals surface area (Å²) >= 11 is 0. The van der Waals surface area contributed by atoms with Crippen molar-refractivity contribution in [3.63, 3.8) is 0 Å². The van der Waals surface area contributed by atoms with E-state index in [0.717, 1.165) is 22.3 Å². The van der Waals surface area contributed by atoms with Crippen molar-refractivity contribution in [1.82, 2.24) is 10.3 Å². The molecule has 1 N–H and O–H groups in total. The normalized spacial score (nSPS) is 12.2. The fourth-order valence-corrected chi connectivity index (χ4v) is 3.35. The third-order valence-corrected chi connectivity index (χ3v) is 4.95. The molecule has 0 fully saturated rings. The van der Waals surface area contributed by atoms with E-state index >= 15 is 0 Å². The number of aryl methyl sites for hydroxylation is 1. The van der Waals surface area contributed by atoms with Gasteiger partial charge in [-0.2, -0.15) is 0 Å². The number of aromatic nitrogens is 1. The summed E-state index contributed by atoms with van der Waals surface area (Å²) in [6, 6.07) is 8.69. The number of rotatable bonds is 2. The van der Waals surface area contributed by atoms with Crippen LogP contribution in [-0.4, -0.2) is 17.9 Å². The minimum absolute atomic E-state index is 0.0229. The molecule has 0 radical (unpaired) electrons. The average molecular weight is 370 g/mol. The van der Waals surface area contributed by atoms with E-state index in [9.17, 15) is 4.79 Å². The van der Waals surface area contributed by atoms with E-state index < -0.39 is 0 Å². The number of pyridine rings is 1. The van der Waals surface area contributed by atoms with Crippen LogP contribution in [0.3, 0.4) is 0 Å². The summed E-state index contributed by atoms with van der Waals surface area (Å²) in [5.41, 5.74) is 6.79. The van der Waals surface area contributed by atoms with Gasteiger partial charge in [-0.25, -0.2) is 0 Å². The summed E-state index contributed by atoms with van der Waals surface area (Å²) in [7, 11) is 4.31. The van der Waals surface area contributed by atoms with Crippen molar-refractivity contribution in [2.45, 2.75) is 59.3 Å². The smallest absolute Gasteiger partial charge is 0.253 e. The SMILES string of the molecule is CNC(=O)c1c(-c2cc(C(C)(C)C)cc(C(C)(C)C)c2)cc(P)nc1C. The minimum Gasteiger partial charge on any atom is -0.355 e. The topological polar surface area (TPSA) is 42.0 Å². The Labute approximate surface area is 160 Å². The zero-order valence-electron chi connectivity index (χ0n) is 17.2. The van der Waals surface area contributed by atoms with Crippen molar-refractivity contribution in [1.29, 1.82) is 0 Å². The standard InChI is InChI=1S/C22H31N2OP/c1-13-19(20(25)23-8)17(12-18(26)24-13)14-9-15(21(2,3)4)11-16(10-14)22(5,6)7/h9-12H,26H2,1-8H3,(H,23,25). The molecule has 0 saturated heterocycles. The van der Waals surface area contributed by atoms with E-state index in [4.69, 9.17) is 0 Å². The van der Waals surface area contributed by atoms with Crippen molar-refractivity contribution in [3.05, 3.63) is 46.6 Å². The van der Waals surface area contributed by atoms with E-state index in [1.54, 1.807) is 7.05 Å². The summed E-state index contributed by atoms with van der Waals surface area (Å²) in [6.45, 7) is 15.2. The summed E-state index contributed by atoms with van der Waals surface area (Å²) in [5, 5.41) is 2.76. The number of hydrogen-bond acceptors (Lipinski definition) is 2. The number of hydrogen-bond donors (Lipinski definition) is 1. The van der Waals surface area contributed by atoms with Gasteiger partial charge in [0, 0.05) is 7.05 Å². The molecule has 2 aromatic rings. The highest BCUT2D eigenvalue weighted by atomic mass is 31.0. The van der Waals surface area contributed by atoms with Crippen LogP contribution in [0.2, 0.25) is 0 Å². The molecule has 140 valence electrons.